The highest BCUT2D eigenvalue weighted by Crippen LogP contribution is 2.31. The van der Waals surface area contributed by atoms with Gasteiger partial charge in [0, 0.05) is 5.92 Å². The molecule has 0 aliphatic heterocycles. The van der Waals surface area contributed by atoms with Crippen molar-refractivity contribution in [1.82, 2.24) is 0 Å². The van der Waals surface area contributed by atoms with Gasteiger partial charge < -0.3 is 13.7 Å². The second-order valence-electron chi connectivity index (χ2n) is 7.88. The van der Waals surface area contributed by atoms with Gasteiger partial charge in [-0.2, -0.15) is 21.6 Å². The van der Waals surface area contributed by atoms with Gasteiger partial charge in [-0.05, 0) is 41.5 Å². The third-order valence-corrected chi connectivity index (χ3v) is 3.43. The van der Waals surface area contributed by atoms with Crippen LogP contribution in [0.4, 0.5) is 13.2 Å². The van der Waals surface area contributed by atoms with E-state index in [1.54, 1.807) is 0 Å². The quantitative estimate of drug-likeness (QED) is 0.128. The van der Waals surface area contributed by atoms with Gasteiger partial charge in [0.15, 0.2) is 5.57 Å². The normalized spacial score (nSPS) is 13.2. The van der Waals surface area contributed by atoms with Crippen molar-refractivity contribution in [1.29, 1.82) is 0 Å². The number of ether oxygens (including phenoxy) is 2. The molecule has 0 aromatic carbocycles. The molecule has 0 aliphatic carbocycles. The second kappa shape index (κ2) is 8.07. The van der Waals surface area contributed by atoms with Crippen LogP contribution in [0.2, 0.25) is 0 Å². The molecule has 0 saturated heterocycles. The molecule has 0 heterocycles. The molecule has 0 bridgehead atoms. The number of alkyl halides is 3. The Balaban J connectivity index is 6.50. The van der Waals surface area contributed by atoms with Crippen LogP contribution >= 0.6 is 0 Å². The number of hydrogen-bond acceptors (Lipinski definition) is 7. The first-order valence-corrected chi connectivity index (χ1v) is 9.30. The molecule has 0 aromatic rings. The highest BCUT2D eigenvalue weighted by molar-refractivity contribution is 7.87. The first kappa shape index (κ1) is 25.2. The fourth-order valence-electron chi connectivity index (χ4n) is 1.53. The van der Waals surface area contributed by atoms with Crippen LogP contribution in [0.25, 0.3) is 0 Å². The number of carbonyl (C=O) groups excluding carboxylic acids is 2. The Kier molecular flexibility index (Phi) is 7.54. The lowest BCUT2D eigenvalue weighted by atomic mass is 10.1. The summed E-state index contributed by atoms with van der Waals surface area (Å²) >= 11 is 0. The van der Waals surface area contributed by atoms with Crippen molar-refractivity contribution in [2.75, 3.05) is 0 Å². The molecule has 11 heteroatoms. The monoisotopic (exact) mass is 418 g/mol. The van der Waals surface area contributed by atoms with Crippen molar-refractivity contribution in [3.63, 3.8) is 0 Å². The Labute approximate surface area is 157 Å². The zero-order chi connectivity index (χ0) is 22.0. The summed E-state index contributed by atoms with van der Waals surface area (Å²) in [5.74, 6) is -4.83. The highest BCUT2D eigenvalue weighted by atomic mass is 32.2. The van der Waals surface area contributed by atoms with E-state index in [9.17, 15) is 31.2 Å². The topological polar surface area (TPSA) is 96.0 Å². The van der Waals surface area contributed by atoms with Crippen LogP contribution < -0.4 is 0 Å². The minimum Gasteiger partial charge on any atom is -0.456 e. The lowest BCUT2D eigenvalue weighted by Crippen LogP contribution is -2.34. The van der Waals surface area contributed by atoms with E-state index in [1.165, 1.54) is 55.4 Å². The van der Waals surface area contributed by atoms with E-state index >= 15 is 0 Å². The molecule has 0 amide bonds. The lowest BCUT2D eigenvalue weighted by Gasteiger charge is -2.25. The maximum Gasteiger partial charge on any atom is 0.534 e. The third kappa shape index (κ3) is 8.19. The Hall–Kier alpha value is -1.78. The molecule has 0 aromatic heterocycles. The van der Waals surface area contributed by atoms with Gasteiger partial charge in [-0.3, -0.25) is 0 Å². The fourth-order valence-corrected chi connectivity index (χ4v) is 2.14. The van der Waals surface area contributed by atoms with Crippen molar-refractivity contribution in [3.8, 4) is 0 Å². The first-order valence-electron chi connectivity index (χ1n) is 7.89. The summed E-state index contributed by atoms with van der Waals surface area (Å²) in [6.07, 6.45) is 0. The van der Waals surface area contributed by atoms with E-state index in [0.29, 0.717) is 0 Å². The number of esters is 2. The van der Waals surface area contributed by atoms with Crippen molar-refractivity contribution in [2.45, 2.75) is 72.1 Å². The molecule has 0 N–H and O–H groups in total. The minimum atomic E-state index is -6.11. The molecule has 0 saturated carbocycles. The Morgan fingerprint density at radius 2 is 1.15 bits per heavy atom. The summed E-state index contributed by atoms with van der Waals surface area (Å²) < 4.78 is 75.0. The fraction of sp³-hybridized carbons (Fsp3) is 0.750. The lowest BCUT2D eigenvalue weighted by molar-refractivity contribution is -0.159. The zero-order valence-electron chi connectivity index (χ0n) is 16.5. The van der Waals surface area contributed by atoms with E-state index in [0.717, 1.165) is 0 Å². The number of carbonyl (C=O) groups is 2. The van der Waals surface area contributed by atoms with Gasteiger partial charge in [0.25, 0.3) is 0 Å². The summed E-state index contributed by atoms with van der Waals surface area (Å²) in [5.41, 5.74) is -9.03. The summed E-state index contributed by atoms with van der Waals surface area (Å²) in [4.78, 5) is 24.9. The molecule has 0 radical (unpaired) electrons. The zero-order valence-corrected chi connectivity index (χ0v) is 17.3. The highest BCUT2D eigenvalue weighted by Gasteiger charge is 2.50. The van der Waals surface area contributed by atoms with Crippen LogP contribution in [0, 0.1) is 5.92 Å². The average Bonchev–Trinajstić information content (AvgIpc) is 2.31. The number of halogens is 3. The van der Waals surface area contributed by atoms with Gasteiger partial charge >= 0.3 is 27.6 Å². The Morgan fingerprint density at radius 3 is 1.37 bits per heavy atom. The van der Waals surface area contributed by atoms with Crippen LogP contribution in [0.1, 0.15) is 55.4 Å². The average molecular weight is 418 g/mol. The second-order valence-corrected chi connectivity index (χ2v) is 9.42. The van der Waals surface area contributed by atoms with E-state index in [4.69, 9.17) is 9.47 Å². The largest absolute Gasteiger partial charge is 0.534 e. The predicted octanol–water partition coefficient (Wildman–Crippen LogP) is 3.45. The first-order chi connectivity index (χ1) is 11.7. The third-order valence-electron chi connectivity index (χ3n) is 2.46. The van der Waals surface area contributed by atoms with Crippen molar-refractivity contribution in [3.05, 3.63) is 11.3 Å². The molecule has 0 spiro atoms. The van der Waals surface area contributed by atoms with Crippen molar-refractivity contribution < 1.29 is 44.8 Å². The molecule has 158 valence electrons. The molecule has 0 aliphatic rings. The van der Waals surface area contributed by atoms with Gasteiger partial charge in [0.05, 0.1) is 0 Å². The summed E-state index contributed by atoms with van der Waals surface area (Å²) in [5, 5.41) is 0. The number of hydrogen-bond donors (Lipinski definition) is 0. The number of rotatable bonds is 5. The molecule has 0 rings (SSSR count). The van der Waals surface area contributed by atoms with Crippen LogP contribution in [0.5, 0.6) is 0 Å². The summed E-state index contributed by atoms with van der Waals surface area (Å²) in [7, 11) is -6.11. The van der Waals surface area contributed by atoms with Crippen molar-refractivity contribution >= 4 is 22.1 Å². The summed E-state index contributed by atoms with van der Waals surface area (Å²) in [6.45, 7) is 11.2. The molecular weight excluding hydrogens is 393 g/mol. The smallest absolute Gasteiger partial charge is 0.456 e. The van der Waals surface area contributed by atoms with E-state index < -0.39 is 56.0 Å². The molecule has 0 unspecified atom stereocenters. The van der Waals surface area contributed by atoms with E-state index in [2.05, 4.69) is 4.18 Å². The van der Waals surface area contributed by atoms with Crippen LogP contribution in [-0.4, -0.2) is 37.1 Å². The molecule has 27 heavy (non-hydrogen) atoms. The molecule has 7 nitrogen and oxygen atoms in total. The van der Waals surface area contributed by atoms with Crippen molar-refractivity contribution in [2.24, 2.45) is 5.92 Å². The van der Waals surface area contributed by atoms with Gasteiger partial charge in [0.1, 0.15) is 17.0 Å². The number of allylic oxidation sites excluding steroid dienone is 1. The molecule has 0 fully saturated rings. The maximum absolute atomic E-state index is 12.7. The SMILES string of the molecule is CC(C)C(OS(=O)(=O)C(F)(F)F)=C(C(=O)OC(C)(C)C)C(=O)OC(C)(C)C. The molecular formula is C16H25F3O7S. The van der Waals surface area contributed by atoms with Crippen LogP contribution in [-0.2, 0) is 33.4 Å². The van der Waals surface area contributed by atoms with E-state index in [-0.39, 0.29) is 0 Å². The van der Waals surface area contributed by atoms with E-state index in [1.807, 2.05) is 0 Å². The minimum absolute atomic E-state index is 1.02. The standard InChI is InChI=1S/C16H25F3O7S/c1-9(2)11(26-27(22,23)16(17,18)19)10(12(20)24-14(3,4)5)13(21)25-15(6,7)8/h9H,1-8H3. The van der Waals surface area contributed by atoms with Gasteiger partial charge in [-0.1, -0.05) is 13.8 Å². The van der Waals surface area contributed by atoms with Crippen LogP contribution in [0.3, 0.4) is 0 Å². The maximum atomic E-state index is 12.7. The summed E-state index contributed by atoms with van der Waals surface area (Å²) in [6, 6.07) is 0. The van der Waals surface area contributed by atoms with Crippen LogP contribution in [0.15, 0.2) is 11.3 Å². The van der Waals surface area contributed by atoms with Gasteiger partial charge in [0.2, 0.25) is 0 Å². The van der Waals surface area contributed by atoms with Gasteiger partial charge in [-0.25, -0.2) is 9.59 Å². The Morgan fingerprint density at radius 1 is 0.815 bits per heavy atom. The predicted molar refractivity (Wildman–Crippen MR) is 89.6 cm³/mol. The Bertz CT molecular complexity index is 676. The molecule has 0 atom stereocenters. The van der Waals surface area contributed by atoms with Gasteiger partial charge in [-0.15, -0.1) is 0 Å².